The summed E-state index contributed by atoms with van der Waals surface area (Å²) in [6.45, 7) is 4.17. The van der Waals surface area contributed by atoms with Gasteiger partial charge in [0, 0.05) is 23.6 Å². The van der Waals surface area contributed by atoms with Crippen molar-refractivity contribution < 1.29 is 13.9 Å². The summed E-state index contributed by atoms with van der Waals surface area (Å²) in [7, 11) is 1.64. The Morgan fingerprint density at radius 2 is 1.85 bits per heavy atom. The molecule has 1 atom stereocenters. The highest BCUT2D eigenvalue weighted by molar-refractivity contribution is 5.79. The Morgan fingerprint density at radius 3 is 2.56 bits per heavy atom. The maximum absolute atomic E-state index is 13.8. The summed E-state index contributed by atoms with van der Waals surface area (Å²) >= 11 is 0. The van der Waals surface area contributed by atoms with Crippen LogP contribution >= 0.6 is 0 Å². The van der Waals surface area contributed by atoms with E-state index < -0.39 is 0 Å². The third kappa shape index (κ3) is 4.86. The van der Waals surface area contributed by atoms with Gasteiger partial charge in [0.25, 0.3) is 0 Å². The van der Waals surface area contributed by atoms with Gasteiger partial charge in [0.05, 0.1) is 13.2 Å². The van der Waals surface area contributed by atoms with E-state index in [1.165, 1.54) is 6.07 Å². The third-order valence-electron chi connectivity index (χ3n) is 5.27. The van der Waals surface area contributed by atoms with E-state index in [1.54, 1.807) is 13.2 Å². The highest BCUT2D eigenvalue weighted by atomic mass is 19.1. The number of para-hydroxylation sites is 1. The Hall–Kier alpha value is -2.40. The van der Waals surface area contributed by atoms with E-state index in [9.17, 15) is 9.18 Å². The minimum absolute atomic E-state index is 0.000901. The smallest absolute Gasteiger partial charge is 0.223 e. The topological polar surface area (TPSA) is 41.6 Å². The zero-order chi connectivity index (χ0) is 19.2. The van der Waals surface area contributed by atoms with Crippen molar-refractivity contribution in [1.29, 1.82) is 0 Å². The number of piperidine rings is 1. The zero-order valence-corrected chi connectivity index (χ0v) is 16.0. The molecule has 0 aromatic heterocycles. The molecule has 144 valence electrons. The first-order valence-electron chi connectivity index (χ1n) is 9.47. The van der Waals surface area contributed by atoms with Crippen molar-refractivity contribution in [1.82, 2.24) is 10.2 Å². The number of likely N-dealkylation sites (tertiary alicyclic amines) is 1. The fourth-order valence-corrected chi connectivity index (χ4v) is 3.65. The summed E-state index contributed by atoms with van der Waals surface area (Å²) in [5, 5.41) is 3.12. The number of nitrogens with one attached hydrogen (secondary N) is 1. The molecule has 2 aromatic rings. The average Bonchev–Trinajstić information content (AvgIpc) is 2.70. The van der Waals surface area contributed by atoms with Crippen molar-refractivity contribution in [2.75, 3.05) is 20.2 Å². The summed E-state index contributed by atoms with van der Waals surface area (Å²) in [4.78, 5) is 14.9. The van der Waals surface area contributed by atoms with E-state index in [0.29, 0.717) is 12.1 Å². The van der Waals surface area contributed by atoms with Gasteiger partial charge in [-0.3, -0.25) is 9.69 Å². The van der Waals surface area contributed by atoms with Crippen LogP contribution in [0.1, 0.15) is 36.9 Å². The van der Waals surface area contributed by atoms with Gasteiger partial charge in [-0.2, -0.15) is 0 Å². The molecule has 0 aliphatic carbocycles. The second-order valence-electron chi connectivity index (χ2n) is 7.11. The molecule has 0 unspecified atom stereocenters. The molecule has 0 bridgehead atoms. The maximum Gasteiger partial charge on any atom is 0.223 e. The van der Waals surface area contributed by atoms with E-state index in [-0.39, 0.29) is 23.7 Å². The van der Waals surface area contributed by atoms with E-state index >= 15 is 0 Å². The molecular weight excluding hydrogens is 343 g/mol. The lowest BCUT2D eigenvalue weighted by molar-refractivity contribution is -0.127. The SMILES string of the molecule is COc1ccccc1[C@@H](C)NC(=O)C1CCN(Cc2ccccc2F)CC1. The van der Waals surface area contributed by atoms with Gasteiger partial charge in [-0.15, -0.1) is 0 Å². The first kappa shape index (κ1) is 19.4. The molecule has 27 heavy (non-hydrogen) atoms. The number of halogens is 1. The lowest BCUT2D eigenvalue weighted by Gasteiger charge is -2.32. The number of carbonyl (C=O) groups is 1. The van der Waals surface area contributed by atoms with Gasteiger partial charge in [-0.05, 0) is 45.0 Å². The molecule has 1 saturated heterocycles. The molecule has 1 aliphatic rings. The van der Waals surface area contributed by atoms with Crippen LogP contribution in [0.25, 0.3) is 0 Å². The first-order valence-corrected chi connectivity index (χ1v) is 9.47. The largest absolute Gasteiger partial charge is 0.496 e. The van der Waals surface area contributed by atoms with Crippen LogP contribution in [0.2, 0.25) is 0 Å². The molecule has 1 aliphatic heterocycles. The van der Waals surface area contributed by atoms with Crippen molar-refractivity contribution in [2.45, 2.75) is 32.4 Å². The van der Waals surface area contributed by atoms with Crippen molar-refractivity contribution in [3.63, 3.8) is 0 Å². The van der Waals surface area contributed by atoms with E-state index in [1.807, 2.05) is 43.3 Å². The minimum Gasteiger partial charge on any atom is -0.496 e. The van der Waals surface area contributed by atoms with Crippen molar-refractivity contribution in [3.8, 4) is 5.75 Å². The highest BCUT2D eigenvalue weighted by Crippen LogP contribution is 2.26. The Kier molecular flexibility index (Phi) is 6.45. The quantitative estimate of drug-likeness (QED) is 0.838. The Morgan fingerprint density at radius 1 is 1.19 bits per heavy atom. The van der Waals surface area contributed by atoms with Crippen LogP contribution in [0.3, 0.4) is 0 Å². The van der Waals surface area contributed by atoms with Crippen LogP contribution in [-0.2, 0) is 11.3 Å². The van der Waals surface area contributed by atoms with Crippen molar-refractivity contribution in [2.24, 2.45) is 5.92 Å². The minimum atomic E-state index is -0.164. The van der Waals surface area contributed by atoms with Gasteiger partial charge in [-0.25, -0.2) is 4.39 Å². The van der Waals surface area contributed by atoms with Crippen molar-refractivity contribution >= 4 is 5.91 Å². The Balaban J connectivity index is 1.52. The number of carbonyl (C=O) groups excluding carboxylic acids is 1. The summed E-state index contributed by atoms with van der Waals surface area (Å²) in [5.74, 6) is 0.700. The summed E-state index contributed by atoms with van der Waals surface area (Å²) in [6.07, 6.45) is 1.58. The van der Waals surface area contributed by atoms with E-state index in [4.69, 9.17) is 4.74 Å². The summed E-state index contributed by atoms with van der Waals surface area (Å²) in [6, 6.07) is 14.5. The number of ether oxygens (including phenoxy) is 1. The number of nitrogens with zero attached hydrogens (tertiary/aromatic N) is 1. The molecule has 5 heteroatoms. The predicted molar refractivity (Wildman–Crippen MR) is 104 cm³/mol. The molecule has 1 fully saturated rings. The first-order chi connectivity index (χ1) is 13.1. The lowest BCUT2D eigenvalue weighted by Crippen LogP contribution is -2.41. The number of amides is 1. The Labute approximate surface area is 160 Å². The van der Waals surface area contributed by atoms with Gasteiger partial charge in [0.1, 0.15) is 11.6 Å². The second-order valence-corrected chi connectivity index (χ2v) is 7.11. The molecule has 2 aromatic carbocycles. The molecular formula is C22H27FN2O2. The van der Waals surface area contributed by atoms with Crippen LogP contribution in [-0.4, -0.2) is 31.0 Å². The number of methoxy groups -OCH3 is 1. The van der Waals surface area contributed by atoms with Crippen molar-refractivity contribution in [3.05, 3.63) is 65.5 Å². The molecule has 1 N–H and O–H groups in total. The fourth-order valence-electron chi connectivity index (χ4n) is 3.65. The maximum atomic E-state index is 13.8. The van der Waals surface area contributed by atoms with Gasteiger partial charge in [0.15, 0.2) is 0 Å². The molecule has 0 spiro atoms. The van der Waals surface area contributed by atoms with Gasteiger partial charge in [-0.1, -0.05) is 36.4 Å². The predicted octanol–water partition coefficient (Wildman–Crippen LogP) is 3.92. The summed E-state index contributed by atoms with van der Waals surface area (Å²) in [5.41, 5.74) is 1.69. The zero-order valence-electron chi connectivity index (χ0n) is 16.0. The van der Waals surface area contributed by atoms with Crippen LogP contribution in [0.4, 0.5) is 4.39 Å². The molecule has 1 amide bonds. The van der Waals surface area contributed by atoms with Crippen LogP contribution < -0.4 is 10.1 Å². The highest BCUT2D eigenvalue weighted by Gasteiger charge is 2.26. The number of rotatable bonds is 6. The molecule has 1 heterocycles. The number of benzene rings is 2. The molecule has 4 nitrogen and oxygen atoms in total. The fraction of sp³-hybridized carbons (Fsp3) is 0.409. The van der Waals surface area contributed by atoms with E-state index in [2.05, 4.69) is 10.2 Å². The summed E-state index contributed by atoms with van der Waals surface area (Å²) < 4.78 is 19.2. The van der Waals surface area contributed by atoms with Gasteiger partial charge >= 0.3 is 0 Å². The second kappa shape index (κ2) is 9.00. The van der Waals surface area contributed by atoms with Gasteiger partial charge in [0.2, 0.25) is 5.91 Å². The van der Waals surface area contributed by atoms with Crippen LogP contribution in [0.5, 0.6) is 5.75 Å². The Bertz CT molecular complexity index is 772. The standard InChI is InChI=1S/C22H27FN2O2/c1-16(19-8-4-6-10-21(19)27-2)24-22(26)17-11-13-25(14-12-17)15-18-7-3-5-9-20(18)23/h3-10,16-17H,11-15H2,1-2H3,(H,24,26)/t16-/m1/s1. The molecule has 0 saturated carbocycles. The van der Waals surface area contributed by atoms with Gasteiger partial charge < -0.3 is 10.1 Å². The number of hydrogen-bond acceptors (Lipinski definition) is 3. The lowest BCUT2D eigenvalue weighted by atomic mass is 9.94. The van der Waals surface area contributed by atoms with Crippen LogP contribution in [0.15, 0.2) is 48.5 Å². The van der Waals surface area contributed by atoms with Crippen LogP contribution in [0, 0.1) is 11.7 Å². The number of hydrogen-bond donors (Lipinski definition) is 1. The monoisotopic (exact) mass is 370 g/mol. The third-order valence-corrected chi connectivity index (χ3v) is 5.27. The average molecular weight is 370 g/mol. The molecule has 0 radical (unpaired) electrons. The molecule has 3 rings (SSSR count). The van der Waals surface area contributed by atoms with E-state index in [0.717, 1.165) is 37.2 Å². The normalized spacial score (nSPS) is 16.7.